The Morgan fingerprint density at radius 3 is 2.24 bits per heavy atom. The predicted molar refractivity (Wildman–Crippen MR) is 146 cm³/mol. The average Bonchev–Trinajstić information content (AvgIpc) is 3.55. The highest BCUT2D eigenvalue weighted by Gasteiger charge is 2.17. The Labute approximate surface area is 220 Å². The van der Waals surface area contributed by atoms with Crippen LogP contribution in [-0.4, -0.2) is 32.6 Å². The fourth-order valence-corrected chi connectivity index (χ4v) is 4.02. The first-order chi connectivity index (χ1) is 18.6. The minimum absolute atomic E-state index is 0.0640. The zero-order valence-corrected chi connectivity index (χ0v) is 20.9. The molecular weight excluding hydrogens is 476 g/mol. The van der Waals surface area contributed by atoms with Crippen LogP contribution >= 0.6 is 0 Å². The molecule has 0 bridgehead atoms. The number of nitrogens with one attached hydrogen (secondary N) is 1. The van der Waals surface area contributed by atoms with Gasteiger partial charge >= 0.3 is 0 Å². The molecule has 0 spiro atoms. The van der Waals surface area contributed by atoms with E-state index in [1.54, 1.807) is 34.8 Å². The monoisotopic (exact) mass is 500 g/mol. The second-order valence-electron chi connectivity index (χ2n) is 8.48. The van der Waals surface area contributed by atoms with E-state index in [2.05, 4.69) is 10.4 Å². The molecule has 5 aromatic rings. The molecule has 186 valence electrons. The van der Waals surface area contributed by atoms with Crippen LogP contribution in [0.1, 0.15) is 11.3 Å². The van der Waals surface area contributed by atoms with Crippen molar-refractivity contribution in [3.8, 4) is 34.5 Å². The molecule has 0 aliphatic rings. The van der Waals surface area contributed by atoms with Crippen LogP contribution in [0.4, 0.5) is 5.82 Å². The highest BCUT2D eigenvalue weighted by atomic mass is 16.5. The standard InChI is InChI=1S/C30H24N6O2/c1-21-17-28(36(33-21)26-11-7-4-8-12-26)32-30(37)23(19-31)18-24-20-35(25-9-5-3-6-10-25)34-29(24)22-13-15-27(38-2)16-14-22/h3-18,20H,1-2H3,(H,32,37)/b23-18+. The topological polar surface area (TPSA) is 97.8 Å². The van der Waals surface area contributed by atoms with Gasteiger partial charge < -0.3 is 10.1 Å². The molecule has 2 heterocycles. The number of anilines is 1. The molecule has 2 aromatic heterocycles. The second kappa shape index (κ2) is 10.7. The number of nitriles is 1. The number of nitrogens with zero attached hydrogens (tertiary/aromatic N) is 5. The van der Waals surface area contributed by atoms with E-state index in [0.29, 0.717) is 17.1 Å². The van der Waals surface area contributed by atoms with Crippen molar-refractivity contribution in [1.29, 1.82) is 5.26 Å². The van der Waals surface area contributed by atoms with Gasteiger partial charge in [0.05, 0.1) is 29.9 Å². The van der Waals surface area contributed by atoms with Gasteiger partial charge in [-0.3, -0.25) is 4.79 Å². The summed E-state index contributed by atoms with van der Waals surface area (Å²) in [6.45, 7) is 1.84. The first-order valence-corrected chi connectivity index (χ1v) is 11.9. The van der Waals surface area contributed by atoms with Crippen molar-refractivity contribution in [2.45, 2.75) is 6.92 Å². The van der Waals surface area contributed by atoms with Crippen LogP contribution in [0.3, 0.4) is 0 Å². The third-order valence-electron chi connectivity index (χ3n) is 5.87. The van der Waals surface area contributed by atoms with Crippen molar-refractivity contribution in [3.05, 3.63) is 114 Å². The van der Waals surface area contributed by atoms with Gasteiger partial charge in [-0.25, -0.2) is 9.36 Å². The summed E-state index contributed by atoms with van der Waals surface area (Å²) >= 11 is 0. The lowest BCUT2D eigenvalue weighted by atomic mass is 10.1. The fourth-order valence-electron chi connectivity index (χ4n) is 4.02. The number of benzene rings is 3. The van der Waals surface area contributed by atoms with Crippen molar-refractivity contribution in [2.24, 2.45) is 0 Å². The van der Waals surface area contributed by atoms with Gasteiger partial charge in [-0.15, -0.1) is 0 Å². The SMILES string of the molecule is COc1ccc(-c2nn(-c3ccccc3)cc2/C=C(\C#N)C(=O)Nc2cc(C)nn2-c2ccccc2)cc1. The molecule has 0 fully saturated rings. The normalized spacial score (nSPS) is 11.1. The lowest BCUT2D eigenvalue weighted by Crippen LogP contribution is -2.16. The molecule has 8 nitrogen and oxygen atoms in total. The predicted octanol–water partition coefficient (Wildman–Crippen LogP) is 5.59. The van der Waals surface area contributed by atoms with Gasteiger partial charge in [0.1, 0.15) is 23.2 Å². The summed E-state index contributed by atoms with van der Waals surface area (Å²) in [4.78, 5) is 13.3. The van der Waals surface area contributed by atoms with Gasteiger partial charge in [-0.2, -0.15) is 15.5 Å². The molecular formula is C30H24N6O2. The second-order valence-corrected chi connectivity index (χ2v) is 8.48. The molecule has 0 unspecified atom stereocenters. The Kier molecular flexibility index (Phi) is 6.83. The van der Waals surface area contributed by atoms with Crippen molar-refractivity contribution < 1.29 is 9.53 Å². The van der Waals surface area contributed by atoms with Crippen LogP contribution in [0.15, 0.2) is 103 Å². The number of amides is 1. The third-order valence-corrected chi connectivity index (χ3v) is 5.87. The highest BCUT2D eigenvalue weighted by molar-refractivity contribution is 6.09. The molecule has 0 saturated carbocycles. The molecule has 1 N–H and O–H groups in total. The summed E-state index contributed by atoms with van der Waals surface area (Å²) in [7, 11) is 1.61. The van der Waals surface area contributed by atoms with Crippen molar-refractivity contribution in [2.75, 3.05) is 12.4 Å². The number of aromatic nitrogens is 4. The molecule has 3 aromatic carbocycles. The highest BCUT2D eigenvalue weighted by Crippen LogP contribution is 2.28. The van der Waals surface area contributed by atoms with E-state index in [9.17, 15) is 10.1 Å². The van der Waals surface area contributed by atoms with Gasteiger partial charge in [-0.05, 0) is 61.5 Å². The van der Waals surface area contributed by atoms with Gasteiger partial charge in [0.2, 0.25) is 0 Å². The van der Waals surface area contributed by atoms with Crippen LogP contribution in [0, 0.1) is 18.3 Å². The van der Waals surface area contributed by atoms with Crippen LogP contribution in [0.2, 0.25) is 0 Å². The van der Waals surface area contributed by atoms with E-state index < -0.39 is 5.91 Å². The Morgan fingerprint density at radius 2 is 1.61 bits per heavy atom. The van der Waals surface area contributed by atoms with Crippen LogP contribution in [0.5, 0.6) is 5.75 Å². The number of hydrogen-bond donors (Lipinski definition) is 1. The third kappa shape index (κ3) is 5.08. The zero-order valence-electron chi connectivity index (χ0n) is 20.9. The number of carbonyl (C=O) groups is 1. The molecule has 0 aliphatic carbocycles. The molecule has 0 atom stereocenters. The van der Waals surface area contributed by atoms with Gasteiger partial charge in [0.15, 0.2) is 0 Å². The Bertz CT molecular complexity index is 1640. The van der Waals surface area contributed by atoms with E-state index in [-0.39, 0.29) is 5.57 Å². The molecule has 0 aliphatic heterocycles. The Hall–Kier alpha value is -5.42. The largest absolute Gasteiger partial charge is 0.497 e. The summed E-state index contributed by atoms with van der Waals surface area (Å²) in [6.07, 6.45) is 3.36. The van der Waals surface area contributed by atoms with Gasteiger partial charge in [0, 0.05) is 23.4 Å². The number of ether oxygens (including phenoxy) is 1. The number of hydrogen-bond acceptors (Lipinski definition) is 5. The van der Waals surface area contributed by atoms with Gasteiger partial charge in [-0.1, -0.05) is 36.4 Å². The number of carbonyl (C=O) groups excluding carboxylic acids is 1. The van der Waals surface area contributed by atoms with E-state index in [4.69, 9.17) is 9.84 Å². The van der Waals surface area contributed by atoms with Crippen LogP contribution < -0.4 is 10.1 Å². The molecule has 1 amide bonds. The summed E-state index contributed by atoms with van der Waals surface area (Å²) in [5, 5.41) is 22.0. The molecule has 0 saturated heterocycles. The maximum absolute atomic E-state index is 13.3. The van der Waals surface area contributed by atoms with Crippen LogP contribution in [0.25, 0.3) is 28.7 Å². The first kappa shape index (κ1) is 24.3. The molecule has 0 radical (unpaired) electrons. The van der Waals surface area contributed by atoms with Gasteiger partial charge in [0.25, 0.3) is 5.91 Å². The number of methoxy groups -OCH3 is 1. The summed E-state index contributed by atoms with van der Waals surface area (Å²) in [5.74, 6) is 0.642. The maximum atomic E-state index is 13.3. The van der Waals surface area contributed by atoms with E-state index in [0.717, 1.165) is 28.4 Å². The molecule has 5 rings (SSSR count). The smallest absolute Gasteiger partial charge is 0.267 e. The van der Waals surface area contributed by atoms with Crippen molar-refractivity contribution >= 4 is 17.8 Å². The number of aryl methyl sites for hydroxylation is 1. The lowest BCUT2D eigenvalue weighted by molar-refractivity contribution is -0.112. The van der Waals surface area contributed by atoms with E-state index in [1.807, 2.05) is 97.9 Å². The quantitative estimate of drug-likeness (QED) is 0.232. The van der Waals surface area contributed by atoms with Crippen LogP contribution in [-0.2, 0) is 4.79 Å². The summed E-state index contributed by atoms with van der Waals surface area (Å²) in [6, 6.07) is 30.4. The minimum Gasteiger partial charge on any atom is -0.497 e. The van der Waals surface area contributed by atoms with Crippen molar-refractivity contribution in [3.63, 3.8) is 0 Å². The minimum atomic E-state index is -0.544. The Morgan fingerprint density at radius 1 is 0.947 bits per heavy atom. The van der Waals surface area contributed by atoms with E-state index in [1.165, 1.54) is 0 Å². The summed E-state index contributed by atoms with van der Waals surface area (Å²) < 4.78 is 8.65. The molecule has 38 heavy (non-hydrogen) atoms. The van der Waals surface area contributed by atoms with E-state index >= 15 is 0 Å². The Balaban J connectivity index is 1.52. The fraction of sp³-hybridized carbons (Fsp3) is 0.0667. The summed E-state index contributed by atoms with van der Waals surface area (Å²) in [5.41, 5.74) is 4.39. The average molecular weight is 501 g/mol. The lowest BCUT2D eigenvalue weighted by Gasteiger charge is -2.08. The molecule has 8 heteroatoms. The number of para-hydroxylation sites is 2. The maximum Gasteiger partial charge on any atom is 0.267 e. The van der Waals surface area contributed by atoms with Crippen molar-refractivity contribution in [1.82, 2.24) is 19.6 Å². The first-order valence-electron chi connectivity index (χ1n) is 11.9. The number of rotatable bonds is 7. The zero-order chi connectivity index (χ0) is 26.5.